The molecule has 29 heavy (non-hydrogen) atoms. The van der Waals surface area contributed by atoms with E-state index in [1.807, 2.05) is 42.2 Å². The summed E-state index contributed by atoms with van der Waals surface area (Å²) in [5.41, 5.74) is 3.34. The fourth-order valence-corrected chi connectivity index (χ4v) is 4.43. The molecule has 0 unspecified atom stereocenters. The SMILES string of the molecule is Cc1ccc(C(=O)N2C[C@@H]3CCN(C)[C@@H]3C2)cc1NC(=O)CCc1cccnc1. The second kappa shape index (κ2) is 8.33. The van der Waals surface area contributed by atoms with Gasteiger partial charge in [-0.15, -0.1) is 0 Å². The summed E-state index contributed by atoms with van der Waals surface area (Å²) in [5.74, 6) is 0.582. The van der Waals surface area contributed by atoms with Crippen LogP contribution in [0, 0.1) is 12.8 Å². The summed E-state index contributed by atoms with van der Waals surface area (Å²) in [4.78, 5) is 33.8. The molecule has 2 aliphatic heterocycles. The molecule has 6 heteroatoms. The minimum atomic E-state index is -0.0566. The Balaban J connectivity index is 1.39. The van der Waals surface area contributed by atoms with Gasteiger partial charge in [-0.3, -0.25) is 14.6 Å². The van der Waals surface area contributed by atoms with Crippen LogP contribution in [0.15, 0.2) is 42.7 Å². The van der Waals surface area contributed by atoms with Gasteiger partial charge in [0.2, 0.25) is 5.91 Å². The van der Waals surface area contributed by atoms with Crippen molar-refractivity contribution in [2.45, 2.75) is 32.2 Å². The van der Waals surface area contributed by atoms with Crippen molar-refractivity contribution in [1.82, 2.24) is 14.8 Å². The highest BCUT2D eigenvalue weighted by atomic mass is 16.2. The molecule has 0 bridgehead atoms. The summed E-state index contributed by atoms with van der Waals surface area (Å²) in [6.45, 7) is 4.69. The van der Waals surface area contributed by atoms with Crippen molar-refractivity contribution in [3.05, 3.63) is 59.4 Å². The van der Waals surface area contributed by atoms with Crippen LogP contribution in [0.3, 0.4) is 0 Å². The van der Waals surface area contributed by atoms with Crippen molar-refractivity contribution < 1.29 is 9.59 Å². The number of nitrogens with zero attached hydrogens (tertiary/aromatic N) is 3. The van der Waals surface area contributed by atoms with E-state index in [1.54, 1.807) is 12.4 Å². The second-order valence-electron chi connectivity index (χ2n) is 8.25. The second-order valence-corrected chi connectivity index (χ2v) is 8.25. The number of anilines is 1. The lowest BCUT2D eigenvalue weighted by Crippen LogP contribution is -2.35. The maximum atomic E-state index is 13.0. The van der Waals surface area contributed by atoms with E-state index >= 15 is 0 Å². The lowest BCUT2D eigenvalue weighted by molar-refractivity contribution is -0.116. The van der Waals surface area contributed by atoms with E-state index in [0.29, 0.717) is 36.1 Å². The number of pyridine rings is 1. The number of rotatable bonds is 5. The van der Waals surface area contributed by atoms with E-state index in [2.05, 4.69) is 22.2 Å². The lowest BCUT2D eigenvalue weighted by atomic mass is 10.1. The number of aryl methyl sites for hydroxylation is 2. The number of likely N-dealkylation sites (tertiary alicyclic amines) is 2. The van der Waals surface area contributed by atoms with Gasteiger partial charge in [-0.25, -0.2) is 0 Å². The molecule has 1 aromatic carbocycles. The van der Waals surface area contributed by atoms with Crippen LogP contribution in [-0.2, 0) is 11.2 Å². The molecule has 2 fully saturated rings. The van der Waals surface area contributed by atoms with Gasteiger partial charge in [-0.05, 0) is 68.6 Å². The van der Waals surface area contributed by atoms with Gasteiger partial charge in [-0.2, -0.15) is 0 Å². The van der Waals surface area contributed by atoms with Crippen LogP contribution < -0.4 is 5.32 Å². The molecule has 2 aliphatic rings. The third-order valence-corrected chi connectivity index (χ3v) is 6.23. The van der Waals surface area contributed by atoms with E-state index < -0.39 is 0 Å². The molecular formula is C23H28N4O2. The predicted octanol–water partition coefficient (Wildman–Crippen LogP) is 2.74. The van der Waals surface area contributed by atoms with Gasteiger partial charge in [0.15, 0.2) is 0 Å². The van der Waals surface area contributed by atoms with E-state index in [9.17, 15) is 9.59 Å². The summed E-state index contributed by atoms with van der Waals surface area (Å²) in [6.07, 6.45) is 5.69. The number of likely N-dealkylation sites (N-methyl/N-ethyl adjacent to an activating group) is 1. The average Bonchev–Trinajstić information content (AvgIpc) is 3.30. The highest BCUT2D eigenvalue weighted by molar-refractivity contribution is 5.98. The molecule has 2 saturated heterocycles. The van der Waals surface area contributed by atoms with Crippen LogP contribution in [0.2, 0.25) is 0 Å². The van der Waals surface area contributed by atoms with Crippen LogP contribution in [0.5, 0.6) is 0 Å². The normalized spacial score (nSPS) is 21.2. The Labute approximate surface area is 171 Å². The number of aromatic nitrogens is 1. The van der Waals surface area contributed by atoms with Gasteiger partial charge in [0.1, 0.15) is 0 Å². The van der Waals surface area contributed by atoms with Crippen LogP contribution >= 0.6 is 0 Å². The van der Waals surface area contributed by atoms with Crippen molar-refractivity contribution in [1.29, 1.82) is 0 Å². The first kappa shape index (κ1) is 19.6. The largest absolute Gasteiger partial charge is 0.337 e. The maximum absolute atomic E-state index is 13.0. The lowest BCUT2D eigenvalue weighted by Gasteiger charge is -2.21. The fourth-order valence-electron chi connectivity index (χ4n) is 4.43. The number of hydrogen-bond donors (Lipinski definition) is 1. The molecule has 1 aromatic heterocycles. The Kier molecular flexibility index (Phi) is 5.62. The number of benzene rings is 1. The smallest absolute Gasteiger partial charge is 0.253 e. The zero-order valence-corrected chi connectivity index (χ0v) is 17.1. The highest BCUT2D eigenvalue weighted by Gasteiger charge is 2.41. The zero-order chi connectivity index (χ0) is 20.4. The molecule has 4 rings (SSSR count). The molecule has 2 amide bonds. The molecular weight excluding hydrogens is 364 g/mol. The molecule has 2 atom stereocenters. The summed E-state index contributed by atoms with van der Waals surface area (Å²) < 4.78 is 0. The molecule has 152 valence electrons. The molecule has 2 aromatic rings. The van der Waals surface area contributed by atoms with Gasteiger partial charge >= 0.3 is 0 Å². The number of amides is 2. The Morgan fingerprint density at radius 2 is 2.10 bits per heavy atom. The van der Waals surface area contributed by atoms with Gasteiger partial charge in [-0.1, -0.05) is 12.1 Å². The third-order valence-electron chi connectivity index (χ3n) is 6.23. The van der Waals surface area contributed by atoms with Crippen molar-refractivity contribution in [2.75, 3.05) is 32.0 Å². The molecule has 6 nitrogen and oxygen atoms in total. The first-order valence-corrected chi connectivity index (χ1v) is 10.3. The highest BCUT2D eigenvalue weighted by Crippen LogP contribution is 2.31. The third kappa shape index (κ3) is 4.32. The van der Waals surface area contributed by atoms with Crippen LogP contribution in [-0.4, -0.2) is 59.3 Å². The van der Waals surface area contributed by atoms with E-state index in [0.717, 1.165) is 37.2 Å². The molecule has 1 N–H and O–H groups in total. The predicted molar refractivity (Wildman–Crippen MR) is 113 cm³/mol. The van der Waals surface area contributed by atoms with Gasteiger partial charge in [0, 0.05) is 49.2 Å². The fraction of sp³-hybridized carbons (Fsp3) is 0.435. The van der Waals surface area contributed by atoms with Crippen molar-refractivity contribution in [2.24, 2.45) is 5.92 Å². The van der Waals surface area contributed by atoms with Gasteiger partial charge in [0.25, 0.3) is 5.91 Å². The molecule has 0 aliphatic carbocycles. The van der Waals surface area contributed by atoms with Crippen molar-refractivity contribution >= 4 is 17.5 Å². The minimum absolute atomic E-state index is 0.0543. The van der Waals surface area contributed by atoms with Crippen LogP contribution in [0.1, 0.15) is 34.3 Å². The average molecular weight is 393 g/mol. The number of carbonyl (C=O) groups excluding carboxylic acids is 2. The number of nitrogens with one attached hydrogen (secondary N) is 1. The maximum Gasteiger partial charge on any atom is 0.253 e. The van der Waals surface area contributed by atoms with E-state index in [4.69, 9.17) is 0 Å². The summed E-state index contributed by atoms with van der Waals surface area (Å²) >= 11 is 0. The van der Waals surface area contributed by atoms with Crippen molar-refractivity contribution in [3.8, 4) is 0 Å². The van der Waals surface area contributed by atoms with E-state index in [-0.39, 0.29) is 11.8 Å². The first-order valence-electron chi connectivity index (χ1n) is 10.3. The summed E-state index contributed by atoms with van der Waals surface area (Å²) in [6, 6.07) is 9.91. The van der Waals surface area contributed by atoms with Crippen LogP contribution in [0.4, 0.5) is 5.69 Å². The first-order chi connectivity index (χ1) is 14.0. The molecule has 3 heterocycles. The Bertz CT molecular complexity index is 899. The number of carbonyl (C=O) groups is 2. The molecule has 0 radical (unpaired) electrons. The number of hydrogen-bond acceptors (Lipinski definition) is 4. The Morgan fingerprint density at radius 3 is 2.86 bits per heavy atom. The minimum Gasteiger partial charge on any atom is -0.337 e. The molecule has 0 saturated carbocycles. The number of fused-ring (bicyclic) bond motifs is 1. The standard InChI is InChI=1S/C23H28N4O2/c1-16-5-7-18(23(29)27-14-19-9-11-26(2)21(19)15-27)12-20(16)25-22(28)8-6-17-4-3-10-24-13-17/h3-5,7,10,12-13,19,21H,6,8-9,11,14-15H2,1-2H3,(H,25,28)/t19-,21+/m0/s1. The van der Waals surface area contributed by atoms with Gasteiger partial charge < -0.3 is 15.1 Å². The summed E-state index contributed by atoms with van der Waals surface area (Å²) in [5, 5.41) is 2.97. The van der Waals surface area contributed by atoms with E-state index in [1.165, 1.54) is 0 Å². The Morgan fingerprint density at radius 1 is 1.24 bits per heavy atom. The zero-order valence-electron chi connectivity index (χ0n) is 17.1. The van der Waals surface area contributed by atoms with Crippen molar-refractivity contribution in [3.63, 3.8) is 0 Å². The van der Waals surface area contributed by atoms with Crippen LogP contribution in [0.25, 0.3) is 0 Å². The summed E-state index contributed by atoms with van der Waals surface area (Å²) in [7, 11) is 2.14. The topological polar surface area (TPSA) is 65.5 Å². The quantitative estimate of drug-likeness (QED) is 0.850. The Hall–Kier alpha value is -2.73. The molecule has 0 spiro atoms. The van der Waals surface area contributed by atoms with Gasteiger partial charge in [0.05, 0.1) is 0 Å². The monoisotopic (exact) mass is 392 g/mol.